The minimum absolute atomic E-state index is 0.0390. The monoisotopic (exact) mass is 490 g/mol. The largest absolute Gasteiger partial charge is 0.493 e. The van der Waals surface area contributed by atoms with Crippen molar-refractivity contribution < 1.29 is 33.1 Å². The van der Waals surface area contributed by atoms with Gasteiger partial charge in [0.25, 0.3) is 0 Å². The standard InChI is InChI=1S/C26H35O7P/c1-9-12-17(2)26(3,4)34(29,24(27)18-13-10-15-20(30-5)22(18)32-7)25(28)19-14-11-16-21(31-6)23(19)33-8/h10-11,13-17H,9,12H2,1-8H3. The second kappa shape index (κ2) is 11.1. The predicted octanol–water partition coefficient (Wildman–Crippen LogP) is 6.28. The molecule has 0 aliphatic rings. The second-order valence-corrected chi connectivity index (χ2v) is 11.8. The molecule has 0 radical (unpaired) electrons. The molecule has 7 nitrogen and oxygen atoms in total. The molecule has 0 heterocycles. The highest BCUT2D eigenvalue weighted by atomic mass is 31.2. The van der Waals surface area contributed by atoms with E-state index in [2.05, 4.69) is 0 Å². The van der Waals surface area contributed by atoms with E-state index in [-0.39, 0.29) is 28.5 Å². The number of hydrogen-bond donors (Lipinski definition) is 0. The Labute approximate surface area is 202 Å². The Balaban J connectivity index is 2.87. The van der Waals surface area contributed by atoms with Crippen LogP contribution in [-0.4, -0.2) is 44.6 Å². The fourth-order valence-electron chi connectivity index (χ4n) is 4.16. The minimum atomic E-state index is -4.32. The number of benzene rings is 2. The lowest BCUT2D eigenvalue weighted by Gasteiger charge is -2.38. The number of carbonyl (C=O) groups excluding carboxylic acids is 2. The number of rotatable bonds is 12. The van der Waals surface area contributed by atoms with Crippen LogP contribution >= 0.6 is 7.14 Å². The molecular formula is C26H35O7P. The summed E-state index contributed by atoms with van der Waals surface area (Å²) in [7, 11) is 1.38. The van der Waals surface area contributed by atoms with E-state index in [1.165, 1.54) is 40.6 Å². The lowest BCUT2D eigenvalue weighted by molar-refractivity contribution is 0.102. The third-order valence-corrected chi connectivity index (χ3v) is 10.3. The molecule has 0 aromatic heterocycles. The van der Waals surface area contributed by atoms with E-state index in [4.69, 9.17) is 18.9 Å². The Morgan fingerprint density at radius 2 is 1.24 bits per heavy atom. The van der Waals surface area contributed by atoms with Crippen molar-refractivity contribution in [3.8, 4) is 23.0 Å². The van der Waals surface area contributed by atoms with Crippen LogP contribution in [-0.2, 0) is 4.57 Å². The molecule has 8 heteroatoms. The second-order valence-electron chi connectivity index (χ2n) is 8.65. The van der Waals surface area contributed by atoms with Crippen molar-refractivity contribution in [1.82, 2.24) is 0 Å². The summed E-state index contributed by atoms with van der Waals surface area (Å²) in [5.74, 6) is 0.708. The first kappa shape index (κ1) is 27.5. The first-order valence-electron chi connectivity index (χ1n) is 11.2. The molecule has 0 fully saturated rings. The van der Waals surface area contributed by atoms with Gasteiger partial charge in [-0.15, -0.1) is 0 Å². The summed E-state index contributed by atoms with van der Waals surface area (Å²) in [6, 6.07) is 9.51. The van der Waals surface area contributed by atoms with Crippen molar-refractivity contribution in [2.45, 2.75) is 45.7 Å². The van der Waals surface area contributed by atoms with Crippen LogP contribution in [0.5, 0.6) is 23.0 Å². The zero-order chi connectivity index (χ0) is 25.7. The van der Waals surface area contributed by atoms with Gasteiger partial charge in [0.2, 0.25) is 18.2 Å². The Morgan fingerprint density at radius 1 is 0.824 bits per heavy atom. The summed E-state index contributed by atoms with van der Waals surface area (Å²) < 4.78 is 36.6. The van der Waals surface area contributed by atoms with Crippen LogP contribution in [0.3, 0.4) is 0 Å². The highest BCUT2D eigenvalue weighted by molar-refractivity contribution is 7.96. The number of carbonyl (C=O) groups is 2. The van der Waals surface area contributed by atoms with E-state index in [1.807, 2.05) is 13.8 Å². The van der Waals surface area contributed by atoms with Crippen LogP contribution in [0.15, 0.2) is 36.4 Å². The van der Waals surface area contributed by atoms with Crippen molar-refractivity contribution in [3.63, 3.8) is 0 Å². The first-order chi connectivity index (χ1) is 16.1. The van der Waals surface area contributed by atoms with Crippen molar-refractivity contribution in [1.29, 1.82) is 0 Å². The molecule has 0 aliphatic carbocycles. The molecule has 34 heavy (non-hydrogen) atoms. The molecule has 0 saturated carbocycles. The average molecular weight is 491 g/mol. The molecule has 0 bridgehead atoms. The number of methoxy groups -OCH3 is 4. The van der Waals surface area contributed by atoms with Gasteiger partial charge in [-0.3, -0.25) is 9.59 Å². The fourth-order valence-corrected chi connectivity index (χ4v) is 7.17. The SMILES string of the molecule is CCCC(C)C(C)(C)P(=O)(C(=O)c1cccc(OC)c1OC)C(=O)c1cccc(OC)c1OC. The van der Waals surface area contributed by atoms with Crippen LogP contribution in [0.2, 0.25) is 0 Å². The van der Waals surface area contributed by atoms with Crippen LogP contribution in [0.4, 0.5) is 0 Å². The van der Waals surface area contributed by atoms with E-state index in [0.717, 1.165) is 6.42 Å². The summed E-state index contributed by atoms with van der Waals surface area (Å²) in [5, 5.41) is -1.15. The molecule has 186 valence electrons. The van der Waals surface area contributed by atoms with Gasteiger partial charge in [-0.25, -0.2) is 0 Å². The third-order valence-electron chi connectivity index (χ3n) is 6.58. The van der Waals surface area contributed by atoms with Crippen molar-refractivity contribution in [3.05, 3.63) is 47.5 Å². The van der Waals surface area contributed by atoms with Gasteiger partial charge < -0.3 is 23.5 Å². The van der Waals surface area contributed by atoms with E-state index < -0.39 is 23.3 Å². The molecule has 2 aromatic carbocycles. The van der Waals surface area contributed by atoms with Gasteiger partial charge >= 0.3 is 0 Å². The first-order valence-corrected chi connectivity index (χ1v) is 12.9. The summed E-state index contributed by atoms with van der Waals surface area (Å²) >= 11 is 0. The highest BCUT2D eigenvalue weighted by Gasteiger charge is 2.56. The Kier molecular flexibility index (Phi) is 8.96. The van der Waals surface area contributed by atoms with Gasteiger partial charge in [0.1, 0.15) is 0 Å². The molecule has 1 atom stereocenters. The minimum Gasteiger partial charge on any atom is -0.493 e. The molecule has 0 amide bonds. The zero-order valence-corrected chi connectivity index (χ0v) is 22.2. The van der Waals surface area contributed by atoms with Gasteiger partial charge in [-0.1, -0.05) is 46.2 Å². The lowest BCUT2D eigenvalue weighted by atomic mass is 9.92. The van der Waals surface area contributed by atoms with Crippen LogP contribution < -0.4 is 18.9 Å². The topological polar surface area (TPSA) is 88.1 Å². The molecular weight excluding hydrogens is 455 g/mol. The predicted molar refractivity (Wildman–Crippen MR) is 134 cm³/mol. The van der Waals surface area contributed by atoms with Crippen molar-refractivity contribution in [2.24, 2.45) is 5.92 Å². The van der Waals surface area contributed by atoms with Gasteiger partial charge in [0.05, 0.1) is 39.6 Å². The maximum absolute atomic E-state index is 15.0. The normalized spacial score (nSPS) is 12.6. The maximum Gasteiger partial charge on any atom is 0.233 e. The summed E-state index contributed by atoms with van der Waals surface area (Å²) in [5.41, 5.74) is -1.47. The summed E-state index contributed by atoms with van der Waals surface area (Å²) in [6.45, 7) is 7.38. The molecule has 1 unspecified atom stereocenters. The number of hydrogen-bond acceptors (Lipinski definition) is 7. The zero-order valence-electron chi connectivity index (χ0n) is 21.3. The van der Waals surface area contributed by atoms with Crippen LogP contribution in [0.25, 0.3) is 0 Å². The van der Waals surface area contributed by atoms with E-state index in [0.29, 0.717) is 17.9 Å². The van der Waals surface area contributed by atoms with E-state index in [1.54, 1.807) is 38.1 Å². The van der Waals surface area contributed by atoms with E-state index >= 15 is 0 Å². The van der Waals surface area contributed by atoms with Crippen LogP contribution in [0.1, 0.15) is 61.3 Å². The van der Waals surface area contributed by atoms with Crippen LogP contribution in [0, 0.1) is 5.92 Å². The Morgan fingerprint density at radius 3 is 1.56 bits per heavy atom. The van der Waals surface area contributed by atoms with Gasteiger partial charge in [0.15, 0.2) is 23.0 Å². The smallest absolute Gasteiger partial charge is 0.233 e. The maximum atomic E-state index is 15.0. The van der Waals surface area contributed by atoms with Gasteiger partial charge in [0, 0.05) is 5.16 Å². The summed E-state index contributed by atoms with van der Waals surface area (Å²) in [6.07, 6.45) is 1.51. The quantitative estimate of drug-likeness (QED) is 0.324. The van der Waals surface area contributed by atoms with Gasteiger partial charge in [-0.05, 0) is 36.6 Å². The van der Waals surface area contributed by atoms with Crippen molar-refractivity contribution >= 4 is 18.2 Å². The number of ether oxygens (including phenoxy) is 4. The number of para-hydroxylation sites is 2. The van der Waals surface area contributed by atoms with Crippen molar-refractivity contribution in [2.75, 3.05) is 28.4 Å². The average Bonchev–Trinajstić information content (AvgIpc) is 2.85. The molecule has 2 rings (SSSR count). The summed E-state index contributed by atoms with van der Waals surface area (Å²) in [4.78, 5) is 28.3. The molecule has 0 aliphatic heterocycles. The lowest BCUT2D eigenvalue weighted by Crippen LogP contribution is -2.36. The fraction of sp³-hybridized carbons (Fsp3) is 0.462. The molecule has 0 spiro atoms. The Hall–Kier alpha value is -2.79. The molecule has 0 saturated heterocycles. The van der Waals surface area contributed by atoms with Gasteiger partial charge in [-0.2, -0.15) is 0 Å². The highest BCUT2D eigenvalue weighted by Crippen LogP contribution is 2.66. The third kappa shape index (κ3) is 4.58. The molecule has 0 N–H and O–H groups in total. The van der Waals surface area contributed by atoms with E-state index in [9.17, 15) is 14.2 Å². The molecule has 2 aromatic rings. The Bertz CT molecular complexity index is 1020.